The Balaban J connectivity index is 2.39. The smallest absolute Gasteiger partial charge is 0.0957 e. The summed E-state index contributed by atoms with van der Waals surface area (Å²) in [6.45, 7) is 4.82. The summed E-state index contributed by atoms with van der Waals surface area (Å²) in [5.41, 5.74) is 9.32. The molecule has 2 N–H and O–H groups in total. The highest BCUT2D eigenvalue weighted by molar-refractivity contribution is 5.22. The lowest BCUT2D eigenvalue weighted by Crippen LogP contribution is -2.15. The molecule has 90 valence electrons. The molecule has 0 spiro atoms. The number of nitrogens with two attached hydrogens (primary N) is 1. The molecule has 0 amide bonds. The summed E-state index contributed by atoms with van der Waals surface area (Å²) in [5.74, 6) is 0. The van der Waals surface area contributed by atoms with Crippen molar-refractivity contribution in [1.82, 2.24) is 9.55 Å². The maximum atomic E-state index is 5.73. The Labute approximate surface area is 102 Å². The van der Waals surface area contributed by atoms with Gasteiger partial charge in [0.25, 0.3) is 0 Å². The first-order valence-corrected chi connectivity index (χ1v) is 5.99. The number of hydrogen-bond acceptors (Lipinski definition) is 2. The lowest BCUT2D eigenvalue weighted by molar-refractivity contribution is 0.536. The van der Waals surface area contributed by atoms with E-state index in [1.807, 2.05) is 19.3 Å². The standard InChI is InChI=1S/C14H19N3/c1-11-12(2)17(10-16-11)14(8-9-15)13-6-4-3-5-7-13/h3-7,10,14H,8-9,15H2,1-2H3. The highest BCUT2D eigenvalue weighted by Crippen LogP contribution is 2.23. The Bertz CT molecular complexity index is 473. The second kappa shape index (κ2) is 5.15. The van der Waals surface area contributed by atoms with Gasteiger partial charge in [-0.15, -0.1) is 0 Å². The molecule has 0 fully saturated rings. The lowest BCUT2D eigenvalue weighted by atomic mass is 10.0. The third-order valence-corrected chi connectivity index (χ3v) is 3.25. The van der Waals surface area contributed by atoms with Gasteiger partial charge in [-0.2, -0.15) is 0 Å². The first-order valence-electron chi connectivity index (χ1n) is 5.99. The molecule has 3 heteroatoms. The van der Waals surface area contributed by atoms with E-state index in [-0.39, 0.29) is 0 Å². The van der Waals surface area contributed by atoms with Crippen molar-refractivity contribution in [3.05, 3.63) is 53.6 Å². The minimum Gasteiger partial charge on any atom is -0.330 e. The van der Waals surface area contributed by atoms with E-state index >= 15 is 0 Å². The summed E-state index contributed by atoms with van der Waals surface area (Å²) in [6.07, 6.45) is 2.85. The number of rotatable bonds is 4. The van der Waals surface area contributed by atoms with E-state index in [1.165, 1.54) is 11.3 Å². The van der Waals surface area contributed by atoms with Crippen molar-refractivity contribution in [2.75, 3.05) is 6.54 Å². The number of aryl methyl sites for hydroxylation is 1. The summed E-state index contributed by atoms with van der Waals surface area (Å²) >= 11 is 0. The van der Waals surface area contributed by atoms with Gasteiger partial charge in [0.2, 0.25) is 0 Å². The van der Waals surface area contributed by atoms with E-state index in [2.05, 4.69) is 40.7 Å². The van der Waals surface area contributed by atoms with Gasteiger partial charge in [0, 0.05) is 5.69 Å². The predicted molar refractivity (Wildman–Crippen MR) is 70.0 cm³/mol. The Hall–Kier alpha value is -1.61. The molecule has 1 aromatic carbocycles. The summed E-state index contributed by atoms with van der Waals surface area (Å²) in [5, 5.41) is 0. The van der Waals surface area contributed by atoms with Crippen LogP contribution < -0.4 is 5.73 Å². The van der Waals surface area contributed by atoms with Crippen molar-refractivity contribution in [1.29, 1.82) is 0 Å². The van der Waals surface area contributed by atoms with Crippen molar-refractivity contribution < 1.29 is 0 Å². The molecule has 0 saturated heterocycles. The normalized spacial score (nSPS) is 12.6. The summed E-state index contributed by atoms with van der Waals surface area (Å²) < 4.78 is 2.22. The number of aromatic nitrogens is 2. The molecule has 0 aliphatic carbocycles. The molecule has 0 bridgehead atoms. The maximum Gasteiger partial charge on any atom is 0.0957 e. The van der Waals surface area contributed by atoms with Crippen LogP contribution in [-0.4, -0.2) is 16.1 Å². The number of imidazole rings is 1. The SMILES string of the molecule is Cc1ncn(C(CCN)c2ccccc2)c1C. The fourth-order valence-electron chi connectivity index (χ4n) is 2.13. The van der Waals surface area contributed by atoms with Crippen molar-refractivity contribution in [3.63, 3.8) is 0 Å². The molecule has 1 atom stereocenters. The van der Waals surface area contributed by atoms with Crippen LogP contribution >= 0.6 is 0 Å². The number of benzene rings is 1. The summed E-state index contributed by atoms with van der Waals surface area (Å²) in [4.78, 5) is 4.37. The fraction of sp³-hybridized carbons (Fsp3) is 0.357. The topological polar surface area (TPSA) is 43.8 Å². The Morgan fingerprint density at radius 2 is 1.94 bits per heavy atom. The van der Waals surface area contributed by atoms with E-state index < -0.39 is 0 Å². The van der Waals surface area contributed by atoms with Crippen LogP contribution in [0.3, 0.4) is 0 Å². The van der Waals surface area contributed by atoms with Crippen molar-refractivity contribution in [2.45, 2.75) is 26.3 Å². The van der Waals surface area contributed by atoms with E-state index in [1.54, 1.807) is 0 Å². The molecular weight excluding hydrogens is 210 g/mol. The maximum absolute atomic E-state index is 5.73. The van der Waals surface area contributed by atoms with Gasteiger partial charge in [0.15, 0.2) is 0 Å². The van der Waals surface area contributed by atoms with Gasteiger partial charge < -0.3 is 10.3 Å². The van der Waals surface area contributed by atoms with Gasteiger partial charge in [-0.3, -0.25) is 0 Å². The van der Waals surface area contributed by atoms with Crippen molar-refractivity contribution in [2.24, 2.45) is 5.73 Å². The molecule has 0 aliphatic heterocycles. The van der Waals surface area contributed by atoms with Crippen LogP contribution in [0.5, 0.6) is 0 Å². The molecular formula is C14H19N3. The van der Waals surface area contributed by atoms with Gasteiger partial charge in [-0.1, -0.05) is 30.3 Å². The number of nitrogens with zero attached hydrogens (tertiary/aromatic N) is 2. The molecule has 1 unspecified atom stereocenters. The van der Waals surface area contributed by atoms with Crippen LogP contribution in [0.4, 0.5) is 0 Å². The van der Waals surface area contributed by atoms with Crippen LogP contribution in [0.1, 0.15) is 29.4 Å². The molecule has 2 rings (SSSR count). The van der Waals surface area contributed by atoms with Gasteiger partial charge >= 0.3 is 0 Å². The van der Waals surface area contributed by atoms with Gasteiger partial charge in [0.05, 0.1) is 18.1 Å². The largest absolute Gasteiger partial charge is 0.330 e. The van der Waals surface area contributed by atoms with Crippen molar-refractivity contribution in [3.8, 4) is 0 Å². The third-order valence-electron chi connectivity index (χ3n) is 3.25. The lowest BCUT2D eigenvalue weighted by Gasteiger charge is -2.20. The van der Waals surface area contributed by atoms with Crippen LogP contribution in [-0.2, 0) is 0 Å². The monoisotopic (exact) mass is 229 g/mol. The van der Waals surface area contributed by atoms with E-state index in [9.17, 15) is 0 Å². The average Bonchev–Trinajstić information content (AvgIpc) is 2.69. The third kappa shape index (κ3) is 2.39. The zero-order valence-corrected chi connectivity index (χ0v) is 10.4. The minimum absolute atomic E-state index is 0.294. The molecule has 3 nitrogen and oxygen atoms in total. The number of hydrogen-bond donors (Lipinski definition) is 1. The highest BCUT2D eigenvalue weighted by Gasteiger charge is 2.15. The second-order valence-corrected chi connectivity index (χ2v) is 4.33. The van der Waals surface area contributed by atoms with E-state index in [0.717, 1.165) is 12.1 Å². The zero-order valence-electron chi connectivity index (χ0n) is 10.4. The van der Waals surface area contributed by atoms with E-state index in [4.69, 9.17) is 5.73 Å². The molecule has 2 aromatic rings. The molecule has 0 aliphatic rings. The van der Waals surface area contributed by atoms with Crippen LogP contribution in [0, 0.1) is 13.8 Å². The van der Waals surface area contributed by atoms with Gasteiger partial charge in [-0.05, 0) is 32.4 Å². The Morgan fingerprint density at radius 1 is 1.24 bits per heavy atom. The highest BCUT2D eigenvalue weighted by atomic mass is 15.1. The first kappa shape index (κ1) is 11.9. The first-order chi connectivity index (χ1) is 8.24. The fourth-order valence-corrected chi connectivity index (χ4v) is 2.13. The van der Waals surface area contributed by atoms with Crippen LogP contribution in [0.15, 0.2) is 36.7 Å². The molecule has 0 radical (unpaired) electrons. The molecule has 0 saturated carbocycles. The van der Waals surface area contributed by atoms with Crippen LogP contribution in [0.2, 0.25) is 0 Å². The molecule has 1 heterocycles. The zero-order chi connectivity index (χ0) is 12.3. The molecule has 1 aromatic heterocycles. The quantitative estimate of drug-likeness (QED) is 0.875. The van der Waals surface area contributed by atoms with Crippen molar-refractivity contribution >= 4 is 0 Å². The Morgan fingerprint density at radius 3 is 2.47 bits per heavy atom. The average molecular weight is 229 g/mol. The van der Waals surface area contributed by atoms with Crippen LogP contribution in [0.25, 0.3) is 0 Å². The van der Waals surface area contributed by atoms with Gasteiger partial charge in [-0.25, -0.2) is 4.98 Å². The Kier molecular flexibility index (Phi) is 3.59. The molecule has 17 heavy (non-hydrogen) atoms. The minimum atomic E-state index is 0.294. The second-order valence-electron chi connectivity index (χ2n) is 4.33. The predicted octanol–water partition coefficient (Wildman–Crippen LogP) is 2.44. The van der Waals surface area contributed by atoms with E-state index in [0.29, 0.717) is 12.6 Å². The summed E-state index contributed by atoms with van der Waals surface area (Å²) in [7, 11) is 0. The van der Waals surface area contributed by atoms with Gasteiger partial charge in [0.1, 0.15) is 0 Å². The summed E-state index contributed by atoms with van der Waals surface area (Å²) in [6, 6.07) is 10.8.